The summed E-state index contributed by atoms with van der Waals surface area (Å²) in [6, 6.07) is 1.17. The molecule has 0 saturated heterocycles. The minimum atomic E-state index is -2.84. The van der Waals surface area contributed by atoms with Crippen molar-refractivity contribution in [2.75, 3.05) is 32.1 Å². The zero-order valence-electron chi connectivity index (χ0n) is 10.6. The summed E-state index contributed by atoms with van der Waals surface area (Å²) < 4.78 is 22.2. The number of hydrogen-bond donors (Lipinski definition) is 1. The smallest absolute Gasteiger partial charge is 0.148 e. The van der Waals surface area contributed by atoms with Gasteiger partial charge >= 0.3 is 0 Å². The van der Waals surface area contributed by atoms with Gasteiger partial charge in [0, 0.05) is 31.4 Å². The molecule has 0 aliphatic heterocycles. The molecular weight excluding hydrogens is 224 g/mol. The van der Waals surface area contributed by atoms with E-state index in [2.05, 4.69) is 17.1 Å². The van der Waals surface area contributed by atoms with Crippen molar-refractivity contribution >= 4 is 9.84 Å². The van der Waals surface area contributed by atoms with Crippen LogP contribution in [-0.2, 0) is 9.84 Å². The average Bonchev–Trinajstić information content (AvgIpc) is 2.98. The second-order valence-corrected chi connectivity index (χ2v) is 7.11. The third-order valence-corrected chi connectivity index (χ3v) is 4.05. The molecule has 1 unspecified atom stereocenters. The van der Waals surface area contributed by atoms with Gasteiger partial charge in [0.25, 0.3) is 0 Å². The topological polar surface area (TPSA) is 49.4 Å². The van der Waals surface area contributed by atoms with Crippen molar-refractivity contribution in [3.05, 3.63) is 0 Å². The Balaban J connectivity index is 2.26. The Morgan fingerprint density at radius 3 is 2.50 bits per heavy atom. The predicted octanol–water partition coefficient (Wildman–Crippen LogP) is 0.493. The quantitative estimate of drug-likeness (QED) is 0.679. The van der Waals surface area contributed by atoms with Gasteiger partial charge in [0.15, 0.2) is 0 Å². The largest absolute Gasteiger partial charge is 0.312 e. The second-order valence-electron chi connectivity index (χ2n) is 4.86. The van der Waals surface area contributed by atoms with Crippen LogP contribution in [0.4, 0.5) is 0 Å². The SMILES string of the molecule is CCC(CNC1CC1)N(C)CCS(C)(=O)=O. The van der Waals surface area contributed by atoms with Gasteiger partial charge in [-0.3, -0.25) is 0 Å². The number of hydrogen-bond acceptors (Lipinski definition) is 4. The van der Waals surface area contributed by atoms with E-state index in [0.717, 1.165) is 19.0 Å². The summed E-state index contributed by atoms with van der Waals surface area (Å²) >= 11 is 0. The summed E-state index contributed by atoms with van der Waals surface area (Å²) in [6.45, 7) is 3.75. The van der Waals surface area contributed by atoms with Gasteiger partial charge in [-0.15, -0.1) is 0 Å². The number of nitrogens with zero attached hydrogens (tertiary/aromatic N) is 1. The van der Waals surface area contributed by atoms with E-state index in [-0.39, 0.29) is 5.75 Å². The minimum Gasteiger partial charge on any atom is -0.312 e. The van der Waals surface area contributed by atoms with Crippen LogP contribution in [0.25, 0.3) is 0 Å². The van der Waals surface area contributed by atoms with Crippen LogP contribution in [0.1, 0.15) is 26.2 Å². The van der Waals surface area contributed by atoms with Gasteiger partial charge in [-0.2, -0.15) is 0 Å². The molecule has 0 heterocycles. The summed E-state index contributed by atoms with van der Waals surface area (Å²) in [5.41, 5.74) is 0. The first kappa shape index (κ1) is 13.9. The Kier molecular flexibility index (Phi) is 5.21. The lowest BCUT2D eigenvalue weighted by molar-refractivity contribution is 0.241. The molecular formula is C11H24N2O2S. The molecule has 1 aliphatic carbocycles. The van der Waals surface area contributed by atoms with Crippen molar-refractivity contribution < 1.29 is 8.42 Å². The van der Waals surface area contributed by atoms with Crippen molar-refractivity contribution in [1.29, 1.82) is 0 Å². The van der Waals surface area contributed by atoms with E-state index < -0.39 is 9.84 Å². The van der Waals surface area contributed by atoms with Crippen molar-refractivity contribution in [2.45, 2.75) is 38.3 Å². The highest BCUT2D eigenvalue weighted by atomic mass is 32.2. The highest BCUT2D eigenvalue weighted by Crippen LogP contribution is 2.18. The lowest BCUT2D eigenvalue weighted by Crippen LogP contribution is -2.42. The van der Waals surface area contributed by atoms with Crippen LogP contribution in [0, 0.1) is 0 Å². The summed E-state index contributed by atoms with van der Waals surface area (Å²) in [4.78, 5) is 2.15. The predicted molar refractivity (Wildman–Crippen MR) is 67.4 cm³/mol. The highest BCUT2D eigenvalue weighted by Gasteiger charge is 2.22. The molecule has 0 bridgehead atoms. The lowest BCUT2D eigenvalue weighted by Gasteiger charge is -2.27. The number of nitrogens with one attached hydrogen (secondary N) is 1. The van der Waals surface area contributed by atoms with E-state index in [9.17, 15) is 8.42 Å². The van der Waals surface area contributed by atoms with Crippen LogP contribution in [0.5, 0.6) is 0 Å². The molecule has 1 saturated carbocycles. The zero-order chi connectivity index (χ0) is 12.2. The maximum absolute atomic E-state index is 11.1. The van der Waals surface area contributed by atoms with Crippen LogP contribution in [0.15, 0.2) is 0 Å². The molecule has 1 fully saturated rings. The van der Waals surface area contributed by atoms with Gasteiger partial charge in [-0.1, -0.05) is 6.92 Å². The van der Waals surface area contributed by atoms with Crippen LogP contribution in [0.2, 0.25) is 0 Å². The first-order chi connectivity index (χ1) is 7.42. The van der Waals surface area contributed by atoms with Crippen LogP contribution >= 0.6 is 0 Å². The molecule has 0 aromatic heterocycles. The van der Waals surface area contributed by atoms with E-state index in [1.807, 2.05) is 7.05 Å². The van der Waals surface area contributed by atoms with E-state index >= 15 is 0 Å². The third-order valence-electron chi connectivity index (χ3n) is 3.13. The number of rotatable bonds is 8. The van der Waals surface area contributed by atoms with E-state index in [4.69, 9.17) is 0 Å². The average molecular weight is 248 g/mol. The molecule has 16 heavy (non-hydrogen) atoms. The van der Waals surface area contributed by atoms with Crippen LogP contribution in [0.3, 0.4) is 0 Å². The molecule has 4 nitrogen and oxygen atoms in total. The molecule has 1 N–H and O–H groups in total. The maximum atomic E-state index is 11.1. The summed E-state index contributed by atoms with van der Waals surface area (Å²) in [7, 11) is -0.834. The summed E-state index contributed by atoms with van der Waals surface area (Å²) in [6.07, 6.45) is 4.94. The van der Waals surface area contributed by atoms with Crippen molar-refractivity contribution in [1.82, 2.24) is 10.2 Å². The van der Waals surface area contributed by atoms with Gasteiger partial charge in [0.1, 0.15) is 9.84 Å². The zero-order valence-corrected chi connectivity index (χ0v) is 11.4. The highest BCUT2D eigenvalue weighted by molar-refractivity contribution is 7.90. The monoisotopic (exact) mass is 248 g/mol. The first-order valence-corrected chi connectivity index (χ1v) is 8.09. The summed E-state index contributed by atoms with van der Waals surface area (Å²) in [5, 5.41) is 3.49. The second kappa shape index (κ2) is 5.98. The van der Waals surface area contributed by atoms with Gasteiger partial charge in [-0.25, -0.2) is 8.42 Å². The van der Waals surface area contributed by atoms with Gasteiger partial charge in [0.05, 0.1) is 5.75 Å². The fourth-order valence-electron chi connectivity index (χ4n) is 1.69. The fourth-order valence-corrected chi connectivity index (χ4v) is 2.31. The Hall–Kier alpha value is -0.130. The lowest BCUT2D eigenvalue weighted by atomic mass is 10.2. The molecule has 0 spiro atoms. The maximum Gasteiger partial charge on any atom is 0.148 e. The van der Waals surface area contributed by atoms with Crippen LogP contribution < -0.4 is 5.32 Å². The number of likely N-dealkylation sites (N-methyl/N-ethyl adjacent to an activating group) is 1. The molecule has 0 aromatic rings. The minimum absolute atomic E-state index is 0.253. The Morgan fingerprint density at radius 1 is 1.44 bits per heavy atom. The normalized spacial score (nSPS) is 19.0. The van der Waals surface area contributed by atoms with E-state index in [0.29, 0.717) is 12.6 Å². The van der Waals surface area contributed by atoms with Crippen molar-refractivity contribution in [2.24, 2.45) is 0 Å². The van der Waals surface area contributed by atoms with Crippen LogP contribution in [-0.4, -0.2) is 57.5 Å². The standard InChI is InChI=1S/C11H24N2O2S/c1-4-11(9-12-10-5-6-10)13(2)7-8-16(3,14)15/h10-12H,4-9H2,1-3H3. The third kappa shape index (κ3) is 5.82. The molecule has 1 rings (SSSR count). The van der Waals surface area contributed by atoms with E-state index in [1.54, 1.807) is 0 Å². The van der Waals surface area contributed by atoms with Gasteiger partial charge in [-0.05, 0) is 26.3 Å². The molecule has 1 atom stereocenters. The summed E-state index contributed by atoms with van der Waals surface area (Å²) in [5.74, 6) is 0.253. The molecule has 96 valence electrons. The molecule has 1 aliphatic rings. The Labute approximate surface area is 99.3 Å². The first-order valence-electron chi connectivity index (χ1n) is 6.03. The van der Waals surface area contributed by atoms with Gasteiger partial charge < -0.3 is 10.2 Å². The van der Waals surface area contributed by atoms with Gasteiger partial charge in [0.2, 0.25) is 0 Å². The van der Waals surface area contributed by atoms with Crippen molar-refractivity contribution in [3.63, 3.8) is 0 Å². The fraction of sp³-hybridized carbons (Fsp3) is 1.00. The molecule has 5 heteroatoms. The molecule has 0 radical (unpaired) electrons. The van der Waals surface area contributed by atoms with Crippen molar-refractivity contribution in [3.8, 4) is 0 Å². The van der Waals surface area contributed by atoms with E-state index in [1.165, 1.54) is 19.1 Å². The molecule has 0 amide bonds. The molecule has 0 aromatic carbocycles. The Morgan fingerprint density at radius 2 is 2.06 bits per heavy atom. The number of sulfone groups is 1. The Bertz CT molecular complexity index is 299.